The van der Waals surface area contributed by atoms with E-state index >= 15 is 0 Å². The Balaban J connectivity index is 1.90. The van der Waals surface area contributed by atoms with Crippen LogP contribution in [0.25, 0.3) is 0 Å². The fourth-order valence-corrected chi connectivity index (χ4v) is 3.38. The Kier molecular flexibility index (Phi) is 2.85. The predicted molar refractivity (Wildman–Crippen MR) is 58.2 cm³/mol. The molecule has 0 heterocycles. The van der Waals surface area contributed by atoms with Crippen molar-refractivity contribution in [2.75, 3.05) is 13.6 Å². The third-order valence-electron chi connectivity index (χ3n) is 4.41. The average Bonchev–Trinajstić information content (AvgIpc) is 2.61. The summed E-state index contributed by atoms with van der Waals surface area (Å²) >= 11 is 0. The van der Waals surface area contributed by atoms with E-state index in [0.29, 0.717) is 5.41 Å². The second-order valence-corrected chi connectivity index (χ2v) is 5.46. The minimum Gasteiger partial charge on any atom is -0.389 e. The van der Waals surface area contributed by atoms with Gasteiger partial charge in [0, 0.05) is 6.54 Å². The van der Waals surface area contributed by atoms with Crippen LogP contribution in [0, 0.1) is 5.41 Å². The molecule has 0 aromatic carbocycles. The summed E-state index contributed by atoms with van der Waals surface area (Å²) in [6.07, 6.45) is 10.2. The Hall–Kier alpha value is -0.0800. The van der Waals surface area contributed by atoms with Crippen LogP contribution in [0.3, 0.4) is 0 Å². The quantitative estimate of drug-likeness (QED) is 0.710. The standard InChI is InChI=1S/C12H23NO/c1-13-10-12(14)8-6-11(7-9-12)4-2-3-5-11/h13-14H,2-10H2,1H3. The first kappa shape index (κ1) is 10.4. The maximum Gasteiger partial charge on any atom is 0.0771 e. The van der Waals surface area contributed by atoms with Crippen molar-refractivity contribution in [2.45, 2.75) is 57.0 Å². The highest BCUT2D eigenvalue weighted by Gasteiger charge is 2.42. The van der Waals surface area contributed by atoms with Crippen molar-refractivity contribution in [3.63, 3.8) is 0 Å². The summed E-state index contributed by atoms with van der Waals surface area (Å²) < 4.78 is 0. The maximum atomic E-state index is 10.3. The first-order valence-electron chi connectivity index (χ1n) is 6.05. The average molecular weight is 197 g/mol. The predicted octanol–water partition coefficient (Wildman–Crippen LogP) is 2.07. The highest BCUT2D eigenvalue weighted by Crippen LogP contribution is 2.50. The second kappa shape index (κ2) is 3.82. The van der Waals surface area contributed by atoms with Gasteiger partial charge in [-0.1, -0.05) is 12.8 Å². The van der Waals surface area contributed by atoms with Crippen molar-refractivity contribution in [3.8, 4) is 0 Å². The van der Waals surface area contributed by atoms with E-state index in [2.05, 4.69) is 5.32 Å². The van der Waals surface area contributed by atoms with Crippen LogP contribution in [0.5, 0.6) is 0 Å². The highest BCUT2D eigenvalue weighted by molar-refractivity contribution is 4.95. The largest absolute Gasteiger partial charge is 0.389 e. The fourth-order valence-electron chi connectivity index (χ4n) is 3.38. The van der Waals surface area contributed by atoms with Gasteiger partial charge in [-0.15, -0.1) is 0 Å². The van der Waals surface area contributed by atoms with Gasteiger partial charge in [0.15, 0.2) is 0 Å². The molecule has 0 amide bonds. The van der Waals surface area contributed by atoms with Gasteiger partial charge in [-0.05, 0) is 51.0 Å². The Morgan fingerprint density at radius 1 is 1.00 bits per heavy atom. The van der Waals surface area contributed by atoms with Crippen molar-refractivity contribution in [3.05, 3.63) is 0 Å². The van der Waals surface area contributed by atoms with Crippen LogP contribution < -0.4 is 5.32 Å². The van der Waals surface area contributed by atoms with Crippen molar-refractivity contribution in [1.82, 2.24) is 5.32 Å². The molecular weight excluding hydrogens is 174 g/mol. The van der Waals surface area contributed by atoms with Gasteiger partial charge in [0.1, 0.15) is 0 Å². The first-order chi connectivity index (χ1) is 6.68. The van der Waals surface area contributed by atoms with Crippen LogP contribution >= 0.6 is 0 Å². The smallest absolute Gasteiger partial charge is 0.0771 e. The van der Waals surface area contributed by atoms with Crippen LogP contribution in [0.15, 0.2) is 0 Å². The zero-order valence-electron chi connectivity index (χ0n) is 9.31. The van der Waals surface area contributed by atoms with E-state index in [9.17, 15) is 5.11 Å². The Bertz CT molecular complexity index is 186. The molecule has 0 radical (unpaired) electrons. The SMILES string of the molecule is CNCC1(O)CCC2(CCCC2)CC1. The van der Waals surface area contributed by atoms with Crippen molar-refractivity contribution < 1.29 is 5.11 Å². The van der Waals surface area contributed by atoms with Crippen LogP contribution in [0.1, 0.15) is 51.4 Å². The zero-order chi connectivity index (χ0) is 10.1. The molecule has 0 aliphatic heterocycles. The fraction of sp³-hybridized carbons (Fsp3) is 1.00. The number of rotatable bonds is 2. The van der Waals surface area contributed by atoms with Gasteiger partial charge in [0.25, 0.3) is 0 Å². The summed E-state index contributed by atoms with van der Waals surface area (Å²) in [7, 11) is 1.93. The summed E-state index contributed by atoms with van der Waals surface area (Å²) in [6.45, 7) is 0.767. The molecule has 2 fully saturated rings. The van der Waals surface area contributed by atoms with Gasteiger partial charge in [0.05, 0.1) is 5.60 Å². The van der Waals surface area contributed by atoms with Crippen molar-refractivity contribution in [2.24, 2.45) is 5.41 Å². The lowest BCUT2D eigenvalue weighted by atomic mass is 9.68. The lowest BCUT2D eigenvalue weighted by Gasteiger charge is -2.42. The number of likely N-dealkylation sites (N-methyl/N-ethyl adjacent to an activating group) is 1. The monoisotopic (exact) mass is 197 g/mol. The van der Waals surface area contributed by atoms with Crippen LogP contribution in [-0.4, -0.2) is 24.3 Å². The summed E-state index contributed by atoms with van der Waals surface area (Å²) in [4.78, 5) is 0. The molecule has 0 atom stereocenters. The summed E-state index contributed by atoms with van der Waals surface area (Å²) in [5.41, 5.74) is 0.239. The number of hydrogen-bond acceptors (Lipinski definition) is 2. The molecule has 0 bridgehead atoms. The molecule has 0 aromatic rings. The van der Waals surface area contributed by atoms with Gasteiger partial charge in [-0.2, -0.15) is 0 Å². The molecule has 14 heavy (non-hydrogen) atoms. The van der Waals surface area contributed by atoms with E-state index in [1.165, 1.54) is 38.5 Å². The summed E-state index contributed by atoms with van der Waals surface area (Å²) in [6, 6.07) is 0. The van der Waals surface area contributed by atoms with Gasteiger partial charge >= 0.3 is 0 Å². The van der Waals surface area contributed by atoms with E-state index < -0.39 is 5.60 Å². The second-order valence-electron chi connectivity index (χ2n) is 5.46. The van der Waals surface area contributed by atoms with Crippen molar-refractivity contribution in [1.29, 1.82) is 0 Å². The molecule has 2 aliphatic carbocycles. The first-order valence-corrected chi connectivity index (χ1v) is 6.05. The van der Waals surface area contributed by atoms with E-state index in [4.69, 9.17) is 0 Å². The van der Waals surface area contributed by atoms with Crippen LogP contribution in [-0.2, 0) is 0 Å². The molecule has 82 valence electrons. The molecule has 2 nitrogen and oxygen atoms in total. The van der Waals surface area contributed by atoms with Crippen LogP contribution in [0.4, 0.5) is 0 Å². The molecular formula is C12H23NO. The van der Waals surface area contributed by atoms with Crippen molar-refractivity contribution >= 4 is 0 Å². The van der Waals surface area contributed by atoms with E-state index in [0.717, 1.165) is 19.4 Å². The van der Waals surface area contributed by atoms with E-state index in [1.807, 2.05) is 7.05 Å². The molecule has 2 rings (SSSR count). The number of nitrogens with one attached hydrogen (secondary N) is 1. The molecule has 2 saturated carbocycles. The van der Waals surface area contributed by atoms with Crippen LogP contribution in [0.2, 0.25) is 0 Å². The minimum absolute atomic E-state index is 0.400. The van der Waals surface area contributed by atoms with Gasteiger partial charge in [-0.3, -0.25) is 0 Å². The summed E-state index contributed by atoms with van der Waals surface area (Å²) in [5.74, 6) is 0. The number of hydrogen-bond donors (Lipinski definition) is 2. The maximum absolute atomic E-state index is 10.3. The number of aliphatic hydroxyl groups is 1. The molecule has 2 heteroatoms. The third-order valence-corrected chi connectivity index (χ3v) is 4.41. The Morgan fingerprint density at radius 3 is 2.07 bits per heavy atom. The molecule has 0 saturated heterocycles. The topological polar surface area (TPSA) is 32.3 Å². The van der Waals surface area contributed by atoms with E-state index in [-0.39, 0.29) is 0 Å². The van der Waals surface area contributed by atoms with Gasteiger partial charge < -0.3 is 10.4 Å². The molecule has 0 unspecified atom stereocenters. The molecule has 1 spiro atoms. The molecule has 0 aromatic heterocycles. The Labute approximate surface area is 87.1 Å². The lowest BCUT2D eigenvalue weighted by molar-refractivity contribution is -0.0301. The molecule has 2 N–H and O–H groups in total. The van der Waals surface area contributed by atoms with Gasteiger partial charge in [0.2, 0.25) is 0 Å². The Morgan fingerprint density at radius 2 is 1.57 bits per heavy atom. The van der Waals surface area contributed by atoms with Gasteiger partial charge in [-0.25, -0.2) is 0 Å². The summed E-state index contributed by atoms with van der Waals surface area (Å²) in [5, 5.41) is 13.4. The minimum atomic E-state index is -0.400. The third kappa shape index (κ3) is 1.96. The zero-order valence-corrected chi connectivity index (χ0v) is 9.31. The lowest BCUT2D eigenvalue weighted by Crippen LogP contribution is -2.44. The molecule has 2 aliphatic rings. The normalized spacial score (nSPS) is 29.6. The highest BCUT2D eigenvalue weighted by atomic mass is 16.3. The van der Waals surface area contributed by atoms with E-state index in [1.54, 1.807) is 0 Å².